The van der Waals surface area contributed by atoms with Crippen molar-refractivity contribution in [2.45, 2.75) is 20.0 Å². The first-order chi connectivity index (χ1) is 7.50. The number of hydrogen-bond donors (Lipinski definition) is 3. The van der Waals surface area contributed by atoms with Crippen LogP contribution in [0, 0.1) is 5.41 Å². The van der Waals surface area contributed by atoms with Gasteiger partial charge in [0.1, 0.15) is 5.84 Å². The lowest BCUT2D eigenvalue weighted by Crippen LogP contribution is -2.21. The number of rotatable bonds is 3. The highest BCUT2D eigenvalue weighted by Crippen LogP contribution is 2.14. The Hall–Kier alpha value is -2.04. The molecule has 0 atom stereocenters. The van der Waals surface area contributed by atoms with E-state index in [0.717, 1.165) is 0 Å². The van der Waals surface area contributed by atoms with Crippen LogP contribution in [0.4, 0.5) is 10.5 Å². The molecule has 1 aromatic carbocycles. The van der Waals surface area contributed by atoms with Crippen LogP contribution in [-0.2, 0) is 4.74 Å². The van der Waals surface area contributed by atoms with E-state index in [-0.39, 0.29) is 11.9 Å². The zero-order valence-electron chi connectivity index (χ0n) is 9.28. The molecule has 0 heterocycles. The van der Waals surface area contributed by atoms with Crippen molar-refractivity contribution in [3.8, 4) is 0 Å². The van der Waals surface area contributed by atoms with E-state index < -0.39 is 6.09 Å². The molecule has 0 unspecified atom stereocenters. The summed E-state index contributed by atoms with van der Waals surface area (Å²) in [5, 5.41) is 9.89. The van der Waals surface area contributed by atoms with Crippen molar-refractivity contribution < 1.29 is 9.53 Å². The van der Waals surface area contributed by atoms with E-state index in [1.54, 1.807) is 38.1 Å². The van der Waals surface area contributed by atoms with E-state index in [0.29, 0.717) is 11.3 Å². The predicted molar refractivity (Wildman–Crippen MR) is 62.7 cm³/mol. The first-order valence-electron chi connectivity index (χ1n) is 4.91. The molecular weight excluding hydrogens is 206 g/mol. The van der Waals surface area contributed by atoms with Crippen molar-refractivity contribution in [3.05, 3.63) is 29.8 Å². The predicted octanol–water partition coefficient (Wildman–Crippen LogP) is 1.93. The molecule has 0 aliphatic rings. The SMILES string of the molecule is CC(C)OC(=O)Nc1ccccc1C(=N)N. The number of carbonyl (C=O) groups excluding carboxylic acids is 1. The molecule has 0 saturated carbocycles. The number of anilines is 1. The molecule has 0 aliphatic carbocycles. The molecule has 0 bridgehead atoms. The van der Waals surface area contributed by atoms with Gasteiger partial charge in [0.05, 0.1) is 11.8 Å². The summed E-state index contributed by atoms with van der Waals surface area (Å²) in [5.74, 6) is -0.0968. The van der Waals surface area contributed by atoms with Gasteiger partial charge >= 0.3 is 6.09 Å². The van der Waals surface area contributed by atoms with Gasteiger partial charge in [-0.3, -0.25) is 10.7 Å². The van der Waals surface area contributed by atoms with Gasteiger partial charge in [-0.05, 0) is 26.0 Å². The van der Waals surface area contributed by atoms with E-state index in [2.05, 4.69) is 5.32 Å². The Morgan fingerprint density at radius 3 is 2.62 bits per heavy atom. The molecule has 5 heteroatoms. The van der Waals surface area contributed by atoms with Gasteiger partial charge in [0.25, 0.3) is 0 Å². The van der Waals surface area contributed by atoms with E-state index in [4.69, 9.17) is 15.9 Å². The number of ether oxygens (including phenoxy) is 1. The third-order valence-corrected chi connectivity index (χ3v) is 1.80. The summed E-state index contributed by atoms with van der Waals surface area (Å²) < 4.78 is 4.93. The van der Waals surface area contributed by atoms with E-state index in [1.165, 1.54) is 0 Å². The summed E-state index contributed by atoms with van der Waals surface area (Å²) >= 11 is 0. The van der Waals surface area contributed by atoms with E-state index >= 15 is 0 Å². The average Bonchev–Trinajstić information content (AvgIpc) is 2.16. The molecule has 5 nitrogen and oxygen atoms in total. The number of nitrogens with one attached hydrogen (secondary N) is 2. The number of amides is 1. The number of para-hydroxylation sites is 1. The summed E-state index contributed by atoms with van der Waals surface area (Å²) in [6.07, 6.45) is -0.742. The molecule has 0 radical (unpaired) electrons. The Kier molecular flexibility index (Phi) is 3.88. The average molecular weight is 221 g/mol. The molecule has 4 N–H and O–H groups in total. The Morgan fingerprint density at radius 2 is 2.06 bits per heavy atom. The smallest absolute Gasteiger partial charge is 0.411 e. The second-order valence-electron chi connectivity index (χ2n) is 3.54. The minimum absolute atomic E-state index is 0.0968. The van der Waals surface area contributed by atoms with Gasteiger partial charge in [0.15, 0.2) is 0 Å². The zero-order chi connectivity index (χ0) is 12.1. The highest BCUT2D eigenvalue weighted by atomic mass is 16.6. The zero-order valence-corrected chi connectivity index (χ0v) is 9.28. The number of nitrogen functional groups attached to an aromatic ring is 1. The molecule has 1 rings (SSSR count). The molecule has 16 heavy (non-hydrogen) atoms. The quantitative estimate of drug-likeness (QED) is 0.538. The van der Waals surface area contributed by atoms with E-state index in [1.807, 2.05) is 0 Å². The summed E-state index contributed by atoms with van der Waals surface area (Å²) in [6.45, 7) is 3.52. The second-order valence-corrected chi connectivity index (χ2v) is 3.54. The lowest BCUT2D eigenvalue weighted by atomic mass is 10.1. The molecule has 86 valence electrons. The maximum absolute atomic E-state index is 11.4. The maximum atomic E-state index is 11.4. The first-order valence-corrected chi connectivity index (χ1v) is 4.91. The fourth-order valence-electron chi connectivity index (χ4n) is 1.18. The molecule has 0 spiro atoms. The first kappa shape index (κ1) is 12.0. The lowest BCUT2D eigenvalue weighted by molar-refractivity contribution is 0.130. The Bertz CT molecular complexity index is 402. The van der Waals surface area contributed by atoms with Gasteiger partial charge in [-0.1, -0.05) is 12.1 Å². The Morgan fingerprint density at radius 1 is 1.44 bits per heavy atom. The summed E-state index contributed by atoms with van der Waals surface area (Å²) in [7, 11) is 0. The minimum Gasteiger partial charge on any atom is -0.447 e. The van der Waals surface area contributed by atoms with Crippen LogP contribution >= 0.6 is 0 Å². The summed E-state index contributed by atoms with van der Waals surface area (Å²) in [6, 6.07) is 6.82. The molecule has 1 aromatic rings. The van der Waals surface area contributed by atoms with Crippen molar-refractivity contribution >= 4 is 17.6 Å². The Labute approximate surface area is 94.1 Å². The molecule has 0 aromatic heterocycles. The number of benzene rings is 1. The third kappa shape index (κ3) is 3.27. The van der Waals surface area contributed by atoms with Crippen molar-refractivity contribution in [2.75, 3.05) is 5.32 Å². The van der Waals surface area contributed by atoms with Gasteiger partial charge in [0.2, 0.25) is 0 Å². The third-order valence-electron chi connectivity index (χ3n) is 1.80. The van der Waals surface area contributed by atoms with Crippen molar-refractivity contribution in [1.29, 1.82) is 5.41 Å². The van der Waals surface area contributed by atoms with Crippen LogP contribution in [0.5, 0.6) is 0 Å². The second kappa shape index (κ2) is 5.16. The highest BCUT2D eigenvalue weighted by Gasteiger charge is 2.09. The van der Waals surface area contributed by atoms with Crippen LogP contribution in [0.3, 0.4) is 0 Å². The summed E-state index contributed by atoms with van der Waals surface area (Å²) in [5.41, 5.74) is 6.33. The molecular formula is C11H15N3O2. The van der Waals surface area contributed by atoms with Crippen LogP contribution < -0.4 is 11.1 Å². The fraction of sp³-hybridized carbons (Fsp3) is 0.273. The summed E-state index contributed by atoms with van der Waals surface area (Å²) in [4.78, 5) is 11.4. The standard InChI is InChI=1S/C11H15N3O2/c1-7(2)16-11(15)14-9-6-4-3-5-8(9)10(12)13/h3-7H,1-2H3,(H3,12,13)(H,14,15). The van der Waals surface area contributed by atoms with Crippen LogP contribution in [0.25, 0.3) is 0 Å². The monoisotopic (exact) mass is 221 g/mol. The maximum Gasteiger partial charge on any atom is 0.411 e. The number of carbonyl (C=O) groups is 1. The van der Waals surface area contributed by atoms with Crippen LogP contribution in [-0.4, -0.2) is 18.0 Å². The van der Waals surface area contributed by atoms with E-state index in [9.17, 15) is 4.79 Å². The van der Waals surface area contributed by atoms with Crippen LogP contribution in [0.2, 0.25) is 0 Å². The number of amidine groups is 1. The largest absolute Gasteiger partial charge is 0.447 e. The van der Waals surface area contributed by atoms with Crippen molar-refractivity contribution in [1.82, 2.24) is 0 Å². The van der Waals surface area contributed by atoms with Gasteiger partial charge in [-0.25, -0.2) is 4.79 Å². The molecule has 0 saturated heterocycles. The fourth-order valence-corrected chi connectivity index (χ4v) is 1.18. The molecule has 0 fully saturated rings. The van der Waals surface area contributed by atoms with Gasteiger partial charge < -0.3 is 10.5 Å². The molecule has 1 amide bonds. The van der Waals surface area contributed by atoms with Gasteiger partial charge in [-0.15, -0.1) is 0 Å². The normalized spacial score (nSPS) is 9.94. The lowest BCUT2D eigenvalue weighted by Gasteiger charge is -2.11. The highest BCUT2D eigenvalue weighted by molar-refractivity contribution is 6.03. The van der Waals surface area contributed by atoms with Crippen molar-refractivity contribution in [3.63, 3.8) is 0 Å². The molecule has 0 aliphatic heterocycles. The number of hydrogen-bond acceptors (Lipinski definition) is 3. The van der Waals surface area contributed by atoms with Gasteiger partial charge in [-0.2, -0.15) is 0 Å². The van der Waals surface area contributed by atoms with Gasteiger partial charge in [0, 0.05) is 5.56 Å². The van der Waals surface area contributed by atoms with Crippen LogP contribution in [0.15, 0.2) is 24.3 Å². The van der Waals surface area contributed by atoms with Crippen LogP contribution in [0.1, 0.15) is 19.4 Å². The van der Waals surface area contributed by atoms with Crippen molar-refractivity contribution in [2.24, 2.45) is 5.73 Å². The topological polar surface area (TPSA) is 88.2 Å². The Balaban J connectivity index is 2.81. The number of nitrogens with two attached hydrogens (primary N) is 1. The minimum atomic E-state index is -0.552.